The molecule has 0 radical (unpaired) electrons. The molecule has 0 saturated heterocycles. The van der Waals surface area contributed by atoms with Crippen LogP contribution in [0, 0.1) is 0 Å². The maximum Gasteiger partial charge on any atom is 0.159 e. The molecule has 0 fully saturated rings. The van der Waals surface area contributed by atoms with Crippen LogP contribution in [0.2, 0.25) is 0 Å². The number of hydrogen-bond donors (Lipinski definition) is 0. The summed E-state index contributed by atoms with van der Waals surface area (Å²) in [7, 11) is 0. The number of pyridine rings is 1. The number of alkyl halides is 1. The van der Waals surface area contributed by atoms with Gasteiger partial charge in [-0.1, -0.05) is 34.1 Å². The number of halogens is 1. The van der Waals surface area contributed by atoms with E-state index < -0.39 is 0 Å². The van der Waals surface area contributed by atoms with E-state index in [1.807, 2.05) is 18.2 Å². The highest BCUT2D eigenvalue weighted by molar-refractivity contribution is 9.08. The molecule has 0 aliphatic rings. The molecule has 0 aliphatic carbocycles. The number of rotatable bonds is 2. The summed E-state index contributed by atoms with van der Waals surface area (Å²) in [5, 5.41) is 5.99. The van der Waals surface area contributed by atoms with Crippen molar-refractivity contribution in [3.63, 3.8) is 0 Å². The van der Waals surface area contributed by atoms with Crippen LogP contribution in [0.4, 0.5) is 0 Å². The van der Waals surface area contributed by atoms with Crippen LogP contribution in [0.1, 0.15) is 5.56 Å². The molecule has 84 valence electrons. The topological polar surface area (TPSA) is 43.6 Å². The third-order valence-electron chi connectivity index (χ3n) is 2.56. The Kier molecular flexibility index (Phi) is 2.60. The summed E-state index contributed by atoms with van der Waals surface area (Å²) in [6, 6.07) is 10.2. The number of hydrogen-bond acceptors (Lipinski definition) is 3. The maximum atomic E-state index is 4.62. The van der Waals surface area contributed by atoms with E-state index in [4.69, 9.17) is 0 Å². The van der Waals surface area contributed by atoms with E-state index in [1.54, 1.807) is 11.0 Å². The average molecular weight is 289 g/mol. The zero-order chi connectivity index (χ0) is 11.7. The zero-order valence-electron chi connectivity index (χ0n) is 8.92. The van der Waals surface area contributed by atoms with Crippen molar-refractivity contribution in [2.24, 2.45) is 0 Å². The van der Waals surface area contributed by atoms with Crippen molar-refractivity contribution in [2.75, 3.05) is 0 Å². The van der Waals surface area contributed by atoms with E-state index >= 15 is 0 Å². The number of benzene rings is 1. The predicted octanol–water partition coefficient (Wildman–Crippen LogP) is 2.71. The van der Waals surface area contributed by atoms with E-state index in [-0.39, 0.29) is 0 Å². The van der Waals surface area contributed by atoms with E-state index in [2.05, 4.69) is 43.1 Å². The Balaban J connectivity index is 2.29. The summed E-state index contributed by atoms with van der Waals surface area (Å²) in [6.07, 6.45) is 3.16. The molecule has 0 saturated carbocycles. The molecule has 2 aromatic heterocycles. The molecule has 0 bridgehead atoms. The van der Waals surface area contributed by atoms with Crippen molar-refractivity contribution in [3.05, 3.63) is 48.5 Å². The second-order valence-corrected chi connectivity index (χ2v) is 4.20. The molecule has 0 spiro atoms. The number of para-hydroxylation sites is 1. The fraction of sp³-hybridized carbons (Fsp3) is 0.0833. The highest BCUT2D eigenvalue weighted by Crippen LogP contribution is 2.20. The van der Waals surface area contributed by atoms with Gasteiger partial charge in [-0.3, -0.25) is 0 Å². The zero-order valence-corrected chi connectivity index (χ0v) is 10.5. The smallest absolute Gasteiger partial charge is 0.159 e. The quantitative estimate of drug-likeness (QED) is 0.681. The van der Waals surface area contributed by atoms with Gasteiger partial charge in [-0.05, 0) is 12.1 Å². The first-order chi connectivity index (χ1) is 8.38. The van der Waals surface area contributed by atoms with Crippen LogP contribution < -0.4 is 0 Å². The molecular formula is C12H9BrN4. The number of fused-ring (bicyclic) bond motifs is 1. The van der Waals surface area contributed by atoms with Crippen molar-refractivity contribution < 1.29 is 0 Å². The maximum absolute atomic E-state index is 4.62. The summed E-state index contributed by atoms with van der Waals surface area (Å²) >= 11 is 3.48. The Morgan fingerprint density at radius 3 is 2.88 bits per heavy atom. The first-order valence-corrected chi connectivity index (χ1v) is 6.30. The number of nitrogens with zero attached hydrogens (tertiary/aromatic N) is 4. The second-order valence-electron chi connectivity index (χ2n) is 3.64. The molecule has 1 aromatic carbocycles. The number of aromatic nitrogens is 4. The van der Waals surface area contributed by atoms with Crippen LogP contribution in [0.15, 0.2) is 43.0 Å². The van der Waals surface area contributed by atoms with Gasteiger partial charge in [-0.15, -0.1) is 0 Å². The molecule has 4 nitrogen and oxygen atoms in total. The monoisotopic (exact) mass is 288 g/mol. The van der Waals surface area contributed by atoms with E-state index in [1.165, 1.54) is 6.33 Å². The average Bonchev–Trinajstić information content (AvgIpc) is 2.91. The predicted molar refractivity (Wildman–Crippen MR) is 69.3 cm³/mol. The van der Waals surface area contributed by atoms with Crippen LogP contribution in [-0.2, 0) is 5.33 Å². The molecule has 0 amide bonds. The molecule has 2 heterocycles. The van der Waals surface area contributed by atoms with Crippen LogP contribution >= 0.6 is 15.9 Å². The van der Waals surface area contributed by atoms with Gasteiger partial charge in [-0.25, -0.2) is 14.6 Å². The molecule has 17 heavy (non-hydrogen) atoms. The fourth-order valence-corrected chi connectivity index (χ4v) is 2.18. The minimum absolute atomic E-state index is 0.736. The van der Waals surface area contributed by atoms with Crippen molar-refractivity contribution in [1.82, 2.24) is 19.7 Å². The lowest BCUT2D eigenvalue weighted by molar-refractivity contribution is 0.841. The van der Waals surface area contributed by atoms with Crippen LogP contribution in [0.3, 0.4) is 0 Å². The Bertz CT molecular complexity index is 649. The van der Waals surface area contributed by atoms with E-state index in [0.717, 1.165) is 27.6 Å². The van der Waals surface area contributed by atoms with Gasteiger partial charge < -0.3 is 0 Å². The van der Waals surface area contributed by atoms with Crippen molar-refractivity contribution in [3.8, 4) is 5.82 Å². The van der Waals surface area contributed by atoms with Crippen LogP contribution in [-0.4, -0.2) is 19.7 Å². The van der Waals surface area contributed by atoms with E-state index in [0.29, 0.717) is 0 Å². The molecule has 0 atom stereocenters. The summed E-state index contributed by atoms with van der Waals surface area (Å²) in [5.74, 6) is 0.818. The molecule has 0 N–H and O–H groups in total. The van der Waals surface area contributed by atoms with Gasteiger partial charge in [-0.2, -0.15) is 5.10 Å². The Hall–Kier alpha value is -1.75. The van der Waals surface area contributed by atoms with Crippen LogP contribution in [0.5, 0.6) is 0 Å². The largest absolute Gasteiger partial charge is 0.228 e. The minimum atomic E-state index is 0.736. The summed E-state index contributed by atoms with van der Waals surface area (Å²) in [6.45, 7) is 0. The summed E-state index contributed by atoms with van der Waals surface area (Å²) in [5.41, 5.74) is 2.05. The minimum Gasteiger partial charge on any atom is -0.228 e. The fourth-order valence-electron chi connectivity index (χ4n) is 1.76. The van der Waals surface area contributed by atoms with Crippen LogP contribution in [0.25, 0.3) is 16.7 Å². The highest BCUT2D eigenvalue weighted by Gasteiger charge is 2.08. The lowest BCUT2D eigenvalue weighted by Gasteiger charge is -2.07. The van der Waals surface area contributed by atoms with Gasteiger partial charge in [0.15, 0.2) is 5.82 Å². The summed E-state index contributed by atoms with van der Waals surface area (Å²) < 4.78 is 1.68. The molecule has 5 heteroatoms. The van der Waals surface area contributed by atoms with E-state index in [9.17, 15) is 0 Å². The van der Waals surface area contributed by atoms with Crippen molar-refractivity contribution in [1.29, 1.82) is 0 Å². The molecule has 3 rings (SSSR count). The Labute approximate surface area is 106 Å². The first kappa shape index (κ1) is 10.4. The third-order valence-corrected chi connectivity index (χ3v) is 3.16. The Morgan fingerprint density at radius 2 is 2.12 bits per heavy atom. The molecular weight excluding hydrogens is 280 g/mol. The molecule has 3 aromatic rings. The van der Waals surface area contributed by atoms with Gasteiger partial charge >= 0.3 is 0 Å². The third kappa shape index (κ3) is 1.82. The lowest BCUT2D eigenvalue weighted by Crippen LogP contribution is -2.02. The molecule has 0 unspecified atom stereocenters. The van der Waals surface area contributed by atoms with Crippen molar-refractivity contribution >= 4 is 26.8 Å². The SMILES string of the molecule is BrCc1cc2ccccc2nc1-n1cncn1. The standard InChI is InChI=1S/C12H9BrN4/c13-6-10-5-9-3-1-2-4-11(9)16-12(10)17-8-14-7-15-17/h1-5,7-8H,6H2. The van der Waals surface area contributed by atoms with Gasteiger partial charge in [0.05, 0.1) is 5.52 Å². The normalized spacial score (nSPS) is 10.9. The summed E-state index contributed by atoms with van der Waals surface area (Å²) in [4.78, 5) is 8.57. The molecule has 0 aliphatic heterocycles. The van der Waals surface area contributed by atoms with Gasteiger partial charge in [0.25, 0.3) is 0 Å². The highest BCUT2D eigenvalue weighted by atomic mass is 79.9. The van der Waals surface area contributed by atoms with Gasteiger partial charge in [0.2, 0.25) is 0 Å². The Morgan fingerprint density at radius 1 is 1.24 bits per heavy atom. The van der Waals surface area contributed by atoms with Gasteiger partial charge in [0.1, 0.15) is 12.7 Å². The first-order valence-electron chi connectivity index (χ1n) is 5.18. The second kappa shape index (κ2) is 4.25. The lowest BCUT2D eigenvalue weighted by atomic mass is 10.1. The van der Waals surface area contributed by atoms with Gasteiger partial charge in [0, 0.05) is 16.3 Å². The van der Waals surface area contributed by atoms with Crippen molar-refractivity contribution in [2.45, 2.75) is 5.33 Å².